The van der Waals surface area contributed by atoms with Crippen LogP contribution in [0.2, 0.25) is 0 Å². The van der Waals surface area contributed by atoms with Crippen LogP contribution in [0.4, 0.5) is 5.82 Å². The van der Waals surface area contributed by atoms with E-state index in [1.165, 1.54) is 12.4 Å². The summed E-state index contributed by atoms with van der Waals surface area (Å²) in [5, 5.41) is 5.04. The summed E-state index contributed by atoms with van der Waals surface area (Å²) < 4.78 is 1.77. The number of terminal acetylenes is 1. The highest BCUT2D eigenvalue weighted by Gasteiger charge is 2.27. The normalized spacial score (nSPS) is 18.1. The summed E-state index contributed by atoms with van der Waals surface area (Å²) in [6.45, 7) is 4.81. The minimum atomic E-state index is -0.0764. The maximum absolute atomic E-state index is 11.8. The number of nitrogen functional groups attached to an aromatic ring is 1. The standard InChI is InChI=1S/C15H16N6O/c1-3-11-13-14(16)17-9-18-15(13)21(19-11)10-6-5-7-20(8-10)12(22)4-2/h1,4,9-10H,2,5-8H2,(H2,16,17,18)/t10-/m1/s1. The zero-order valence-electron chi connectivity index (χ0n) is 12.1. The van der Waals surface area contributed by atoms with Crippen LogP contribution in [0.3, 0.4) is 0 Å². The lowest BCUT2D eigenvalue weighted by atomic mass is 10.1. The van der Waals surface area contributed by atoms with Crippen LogP contribution in [-0.2, 0) is 4.79 Å². The molecule has 1 amide bonds. The van der Waals surface area contributed by atoms with Gasteiger partial charge in [-0.05, 0) is 24.8 Å². The monoisotopic (exact) mass is 296 g/mol. The molecule has 0 aliphatic carbocycles. The summed E-state index contributed by atoms with van der Waals surface area (Å²) in [5.74, 6) is 2.77. The molecule has 112 valence electrons. The SMILES string of the molecule is C#Cc1nn([C@@H]2CCCN(C(=O)C=C)C2)c2ncnc(N)c12. The number of aromatic nitrogens is 4. The largest absolute Gasteiger partial charge is 0.383 e. The number of piperidine rings is 1. The first-order valence-electron chi connectivity index (χ1n) is 7.02. The third-order valence-corrected chi connectivity index (χ3v) is 3.88. The maximum Gasteiger partial charge on any atom is 0.246 e. The molecule has 0 aromatic carbocycles. The minimum Gasteiger partial charge on any atom is -0.383 e. The zero-order chi connectivity index (χ0) is 15.7. The van der Waals surface area contributed by atoms with E-state index < -0.39 is 0 Å². The molecule has 2 N–H and O–H groups in total. The molecule has 1 aliphatic heterocycles. The molecular formula is C15H16N6O. The lowest BCUT2D eigenvalue weighted by Gasteiger charge is -2.32. The maximum atomic E-state index is 11.8. The quantitative estimate of drug-likeness (QED) is 0.652. The first kappa shape index (κ1) is 14.1. The highest BCUT2D eigenvalue weighted by Crippen LogP contribution is 2.28. The fourth-order valence-electron chi connectivity index (χ4n) is 2.83. The number of nitrogens with zero attached hydrogens (tertiary/aromatic N) is 5. The van der Waals surface area contributed by atoms with E-state index >= 15 is 0 Å². The molecule has 1 aliphatic rings. The van der Waals surface area contributed by atoms with Crippen LogP contribution in [0.15, 0.2) is 19.0 Å². The second-order valence-electron chi connectivity index (χ2n) is 5.18. The van der Waals surface area contributed by atoms with Crippen molar-refractivity contribution in [3.8, 4) is 12.3 Å². The molecule has 3 rings (SSSR count). The van der Waals surface area contributed by atoms with E-state index in [9.17, 15) is 4.79 Å². The van der Waals surface area contributed by atoms with Gasteiger partial charge in [0.25, 0.3) is 0 Å². The molecule has 1 atom stereocenters. The van der Waals surface area contributed by atoms with Gasteiger partial charge >= 0.3 is 0 Å². The predicted octanol–water partition coefficient (Wildman–Crippen LogP) is 0.739. The number of fused-ring (bicyclic) bond motifs is 1. The van der Waals surface area contributed by atoms with Gasteiger partial charge in [-0.15, -0.1) is 6.42 Å². The Morgan fingerprint density at radius 1 is 1.55 bits per heavy atom. The highest BCUT2D eigenvalue weighted by molar-refractivity contribution is 5.90. The number of hydrogen-bond acceptors (Lipinski definition) is 5. The molecule has 22 heavy (non-hydrogen) atoms. The number of likely N-dealkylation sites (tertiary alicyclic amines) is 1. The Bertz CT molecular complexity index is 787. The van der Waals surface area contributed by atoms with Gasteiger partial charge in [-0.3, -0.25) is 4.79 Å². The van der Waals surface area contributed by atoms with Crippen LogP contribution in [-0.4, -0.2) is 43.6 Å². The van der Waals surface area contributed by atoms with Gasteiger partial charge in [0, 0.05) is 13.1 Å². The molecule has 2 aromatic heterocycles. The van der Waals surface area contributed by atoms with E-state index in [2.05, 4.69) is 27.6 Å². The topological polar surface area (TPSA) is 89.9 Å². The van der Waals surface area contributed by atoms with Gasteiger partial charge in [-0.2, -0.15) is 5.10 Å². The van der Waals surface area contributed by atoms with Gasteiger partial charge in [0.15, 0.2) is 5.65 Å². The van der Waals surface area contributed by atoms with Gasteiger partial charge in [-0.25, -0.2) is 14.6 Å². The second-order valence-corrected chi connectivity index (χ2v) is 5.18. The number of rotatable bonds is 2. The minimum absolute atomic E-state index is 0.0107. The molecule has 0 unspecified atom stereocenters. The van der Waals surface area contributed by atoms with Crippen molar-refractivity contribution in [1.29, 1.82) is 0 Å². The summed E-state index contributed by atoms with van der Waals surface area (Å²) >= 11 is 0. The number of nitrogens with two attached hydrogens (primary N) is 1. The molecule has 0 spiro atoms. The third kappa shape index (κ3) is 2.19. The van der Waals surface area contributed by atoms with Crippen LogP contribution in [0.5, 0.6) is 0 Å². The van der Waals surface area contributed by atoms with E-state index in [-0.39, 0.29) is 11.9 Å². The molecule has 0 bridgehead atoms. The number of hydrogen-bond donors (Lipinski definition) is 1. The van der Waals surface area contributed by atoms with Crippen molar-refractivity contribution in [2.24, 2.45) is 0 Å². The summed E-state index contributed by atoms with van der Waals surface area (Å²) in [6, 6.07) is 0.0107. The average molecular weight is 296 g/mol. The van der Waals surface area contributed by atoms with Gasteiger partial charge in [0.2, 0.25) is 5.91 Å². The summed E-state index contributed by atoms with van der Waals surface area (Å²) in [6.07, 6.45) is 10.0. The summed E-state index contributed by atoms with van der Waals surface area (Å²) in [5.41, 5.74) is 6.94. The number of carbonyl (C=O) groups excluding carboxylic acids is 1. The van der Waals surface area contributed by atoms with Crippen LogP contribution < -0.4 is 5.73 Å². The van der Waals surface area contributed by atoms with Crippen molar-refractivity contribution in [3.05, 3.63) is 24.7 Å². The first-order chi connectivity index (χ1) is 10.7. The van der Waals surface area contributed by atoms with E-state index in [1.54, 1.807) is 9.58 Å². The van der Waals surface area contributed by atoms with Crippen molar-refractivity contribution in [1.82, 2.24) is 24.6 Å². The Balaban J connectivity index is 2.03. The van der Waals surface area contributed by atoms with Gasteiger partial charge < -0.3 is 10.6 Å². The van der Waals surface area contributed by atoms with Gasteiger partial charge in [0.1, 0.15) is 17.8 Å². The molecule has 7 heteroatoms. The fourth-order valence-corrected chi connectivity index (χ4v) is 2.83. The number of amides is 1. The van der Waals surface area contributed by atoms with Crippen molar-refractivity contribution in [2.75, 3.05) is 18.8 Å². The van der Waals surface area contributed by atoms with Gasteiger partial charge in [0.05, 0.1) is 11.4 Å². The summed E-state index contributed by atoms with van der Waals surface area (Å²) in [7, 11) is 0. The Hall–Kier alpha value is -2.88. The van der Waals surface area contributed by atoms with E-state index in [1.807, 2.05) is 0 Å². The Morgan fingerprint density at radius 2 is 2.36 bits per heavy atom. The van der Waals surface area contributed by atoms with E-state index in [0.717, 1.165) is 19.4 Å². The molecule has 1 fully saturated rings. The van der Waals surface area contributed by atoms with E-state index in [0.29, 0.717) is 29.1 Å². The van der Waals surface area contributed by atoms with E-state index in [4.69, 9.17) is 12.2 Å². The van der Waals surface area contributed by atoms with Crippen LogP contribution in [0, 0.1) is 12.3 Å². The zero-order valence-corrected chi connectivity index (χ0v) is 12.1. The number of carbonyl (C=O) groups is 1. The number of anilines is 1. The molecule has 3 heterocycles. The van der Waals surface area contributed by atoms with Crippen LogP contribution in [0.25, 0.3) is 11.0 Å². The van der Waals surface area contributed by atoms with Crippen molar-refractivity contribution in [2.45, 2.75) is 18.9 Å². The fraction of sp³-hybridized carbons (Fsp3) is 0.333. The van der Waals surface area contributed by atoms with Crippen LogP contribution in [0.1, 0.15) is 24.6 Å². The Morgan fingerprint density at radius 3 is 3.09 bits per heavy atom. The molecule has 0 radical (unpaired) electrons. The third-order valence-electron chi connectivity index (χ3n) is 3.88. The second kappa shape index (κ2) is 5.48. The molecule has 1 saturated heterocycles. The smallest absolute Gasteiger partial charge is 0.246 e. The highest BCUT2D eigenvalue weighted by atomic mass is 16.2. The predicted molar refractivity (Wildman–Crippen MR) is 82.7 cm³/mol. The molecule has 0 saturated carbocycles. The lowest BCUT2D eigenvalue weighted by Crippen LogP contribution is -2.40. The molecular weight excluding hydrogens is 280 g/mol. The van der Waals surface area contributed by atoms with Crippen molar-refractivity contribution in [3.63, 3.8) is 0 Å². The Kier molecular flexibility index (Phi) is 3.51. The van der Waals surface area contributed by atoms with Crippen molar-refractivity contribution >= 4 is 22.8 Å². The molecule has 7 nitrogen and oxygen atoms in total. The van der Waals surface area contributed by atoms with Crippen LogP contribution >= 0.6 is 0 Å². The van der Waals surface area contributed by atoms with Crippen molar-refractivity contribution < 1.29 is 4.79 Å². The molecule has 2 aromatic rings. The summed E-state index contributed by atoms with van der Waals surface area (Å²) in [4.78, 5) is 21.8. The average Bonchev–Trinajstić information content (AvgIpc) is 2.94. The Labute approximate surface area is 127 Å². The lowest BCUT2D eigenvalue weighted by molar-refractivity contribution is -0.127. The van der Waals surface area contributed by atoms with Gasteiger partial charge in [-0.1, -0.05) is 6.58 Å². The first-order valence-corrected chi connectivity index (χ1v) is 7.02.